The Morgan fingerprint density at radius 2 is 2.06 bits per heavy atom. The first-order chi connectivity index (χ1) is 8.20. The molecule has 0 bridgehead atoms. The SMILES string of the molecule is NCC(Nc1ccccc1Cl)c1ccc(Br)o1. The van der Waals surface area contributed by atoms with Crippen LogP contribution in [0.1, 0.15) is 11.8 Å². The summed E-state index contributed by atoms with van der Waals surface area (Å²) in [5, 5.41) is 3.92. The van der Waals surface area contributed by atoms with Crippen LogP contribution in [0.5, 0.6) is 0 Å². The first-order valence-electron chi connectivity index (χ1n) is 5.17. The summed E-state index contributed by atoms with van der Waals surface area (Å²) in [6, 6.07) is 11.2. The van der Waals surface area contributed by atoms with Gasteiger partial charge in [0.15, 0.2) is 4.67 Å². The van der Waals surface area contributed by atoms with Gasteiger partial charge in [0, 0.05) is 6.54 Å². The molecule has 1 atom stereocenters. The molecule has 0 saturated heterocycles. The molecule has 0 spiro atoms. The maximum absolute atomic E-state index is 6.07. The van der Waals surface area contributed by atoms with Crippen LogP contribution < -0.4 is 11.1 Å². The molecule has 3 nitrogen and oxygen atoms in total. The lowest BCUT2D eigenvalue weighted by Gasteiger charge is -2.16. The fourth-order valence-electron chi connectivity index (χ4n) is 1.53. The number of hydrogen-bond acceptors (Lipinski definition) is 3. The van der Waals surface area contributed by atoms with Crippen molar-refractivity contribution in [2.24, 2.45) is 5.73 Å². The van der Waals surface area contributed by atoms with Gasteiger partial charge in [0.2, 0.25) is 0 Å². The number of nitrogens with one attached hydrogen (secondary N) is 1. The van der Waals surface area contributed by atoms with E-state index in [9.17, 15) is 0 Å². The minimum absolute atomic E-state index is 0.0961. The lowest BCUT2D eigenvalue weighted by Crippen LogP contribution is -2.20. The maximum atomic E-state index is 6.07. The Bertz CT molecular complexity index is 501. The lowest BCUT2D eigenvalue weighted by atomic mass is 10.2. The highest BCUT2D eigenvalue weighted by Gasteiger charge is 2.14. The number of nitrogens with two attached hydrogens (primary N) is 1. The molecule has 2 rings (SSSR count). The summed E-state index contributed by atoms with van der Waals surface area (Å²) in [5.41, 5.74) is 6.58. The Morgan fingerprint density at radius 3 is 2.65 bits per heavy atom. The van der Waals surface area contributed by atoms with E-state index in [4.69, 9.17) is 21.8 Å². The van der Waals surface area contributed by atoms with Crippen LogP contribution >= 0.6 is 27.5 Å². The molecule has 90 valence electrons. The van der Waals surface area contributed by atoms with E-state index >= 15 is 0 Å². The Kier molecular flexibility index (Phi) is 4.10. The van der Waals surface area contributed by atoms with Crippen LogP contribution in [0, 0.1) is 0 Å². The third-order valence-corrected chi connectivity index (χ3v) is 3.13. The summed E-state index contributed by atoms with van der Waals surface area (Å²) in [5.74, 6) is 0.777. The Morgan fingerprint density at radius 1 is 1.29 bits per heavy atom. The molecule has 2 aromatic rings. The molecular formula is C12H12BrClN2O. The van der Waals surface area contributed by atoms with Gasteiger partial charge in [-0.2, -0.15) is 0 Å². The van der Waals surface area contributed by atoms with Gasteiger partial charge in [0.05, 0.1) is 16.8 Å². The van der Waals surface area contributed by atoms with Crippen molar-refractivity contribution in [1.82, 2.24) is 0 Å². The molecule has 0 aliphatic carbocycles. The van der Waals surface area contributed by atoms with Crippen LogP contribution in [0.15, 0.2) is 45.5 Å². The van der Waals surface area contributed by atoms with E-state index in [2.05, 4.69) is 21.2 Å². The second-order valence-electron chi connectivity index (χ2n) is 3.55. The molecule has 1 unspecified atom stereocenters. The zero-order chi connectivity index (χ0) is 12.3. The fraction of sp³-hybridized carbons (Fsp3) is 0.167. The van der Waals surface area contributed by atoms with Gasteiger partial charge in [-0.05, 0) is 40.2 Å². The molecule has 0 aliphatic rings. The van der Waals surface area contributed by atoms with Crippen LogP contribution in [0.3, 0.4) is 0 Å². The molecule has 5 heteroatoms. The van der Waals surface area contributed by atoms with Gasteiger partial charge in [-0.15, -0.1) is 0 Å². The summed E-state index contributed by atoms with van der Waals surface area (Å²) in [6.07, 6.45) is 0. The van der Waals surface area contributed by atoms with E-state index in [1.165, 1.54) is 0 Å². The normalized spacial score (nSPS) is 12.4. The van der Waals surface area contributed by atoms with Gasteiger partial charge in [-0.1, -0.05) is 23.7 Å². The van der Waals surface area contributed by atoms with Crippen molar-refractivity contribution in [2.75, 3.05) is 11.9 Å². The molecule has 1 aromatic heterocycles. The average molecular weight is 316 g/mol. The number of furan rings is 1. The highest BCUT2D eigenvalue weighted by molar-refractivity contribution is 9.10. The monoisotopic (exact) mass is 314 g/mol. The van der Waals surface area contributed by atoms with Gasteiger partial charge in [-0.3, -0.25) is 0 Å². The second-order valence-corrected chi connectivity index (χ2v) is 4.74. The lowest BCUT2D eigenvalue weighted by molar-refractivity contribution is 0.463. The molecule has 0 amide bonds. The van der Waals surface area contributed by atoms with Gasteiger partial charge in [0.1, 0.15) is 5.76 Å². The molecule has 0 aliphatic heterocycles. The first-order valence-corrected chi connectivity index (χ1v) is 6.34. The highest BCUT2D eigenvalue weighted by Crippen LogP contribution is 2.27. The summed E-state index contributed by atoms with van der Waals surface area (Å²) in [4.78, 5) is 0. The number of hydrogen-bond donors (Lipinski definition) is 2. The van der Waals surface area contributed by atoms with E-state index in [-0.39, 0.29) is 6.04 Å². The number of para-hydroxylation sites is 1. The van der Waals surface area contributed by atoms with Crippen molar-refractivity contribution in [2.45, 2.75) is 6.04 Å². The molecule has 1 aromatic carbocycles. The van der Waals surface area contributed by atoms with E-state index in [1.807, 2.05) is 36.4 Å². The predicted molar refractivity (Wildman–Crippen MR) is 73.3 cm³/mol. The number of rotatable bonds is 4. The van der Waals surface area contributed by atoms with Crippen molar-refractivity contribution in [3.63, 3.8) is 0 Å². The van der Waals surface area contributed by atoms with Gasteiger partial charge in [0.25, 0.3) is 0 Å². The summed E-state index contributed by atoms with van der Waals surface area (Å²) < 4.78 is 6.17. The van der Waals surface area contributed by atoms with Crippen LogP contribution in [0.2, 0.25) is 5.02 Å². The molecule has 17 heavy (non-hydrogen) atoms. The van der Waals surface area contributed by atoms with Crippen LogP contribution in [-0.2, 0) is 0 Å². The van der Waals surface area contributed by atoms with Crippen molar-refractivity contribution >= 4 is 33.2 Å². The van der Waals surface area contributed by atoms with Crippen molar-refractivity contribution in [3.05, 3.63) is 51.9 Å². The van der Waals surface area contributed by atoms with Gasteiger partial charge < -0.3 is 15.5 Å². The standard InChI is InChI=1S/C12H12BrClN2O/c13-12-6-5-11(17-12)10(7-15)16-9-4-2-1-3-8(9)14/h1-6,10,16H,7,15H2. The van der Waals surface area contributed by atoms with E-state index < -0.39 is 0 Å². The number of anilines is 1. The number of benzene rings is 1. The fourth-order valence-corrected chi connectivity index (χ4v) is 2.04. The van der Waals surface area contributed by atoms with Gasteiger partial charge >= 0.3 is 0 Å². The third kappa shape index (κ3) is 3.03. The van der Waals surface area contributed by atoms with Crippen LogP contribution in [-0.4, -0.2) is 6.54 Å². The van der Waals surface area contributed by atoms with E-state index in [1.54, 1.807) is 0 Å². The van der Waals surface area contributed by atoms with Crippen molar-refractivity contribution in [1.29, 1.82) is 0 Å². The zero-order valence-electron chi connectivity index (χ0n) is 8.99. The van der Waals surface area contributed by atoms with Crippen molar-refractivity contribution < 1.29 is 4.42 Å². The molecule has 3 N–H and O–H groups in total. The van der Waals surface area contributed by atoms with Crippen molar-refractivity contribution in [3.8, 4) is 0 Å². The maximum Gasteiger partial charge on any atom is 0.169 e. The zero-order valence-corrected chi connectivity index (χ0v) is 11.3. The first kappa shape index (κ1) is 12.5. The third-order valence-electron chi connectivity index (χ3n) is 2.38. The van der Waals surface area contributed by atoms with Crippen LogP contribution in [0.25, 0.3) is 0 Å². The topological polar surface area (TPSA) is 51.2 Å². The second kappa shape index (κ2) is 5.58. The molecule has 0 fully saturated rings. The smallest absolute Gasteiger partial charge is 0.169 e. The Balaban J connectivity index is 2.18. The average Bonchev–Trinajstić information content (AvgIpc) is 2.75. The van der Waals surface area contributed by atoms with Gasteiger partial charge in [-0.25, -0.2) is 0 Å². The van der Waals surface area contributed by atoms with E-state index in [0.717, 1.165) is 11.4 Å². The predicted octanol–water partition coefficient (Wildman–Crippen LogP) is 3.81. The quantitative estimate of drug-likeness (QED) is 0.902. The summed E-state index contributed by atoms with van der Waals surface area (Å²) in [6.45, 7) is 0.422. The number of halogens is 2. The summed E-state index contributed by atoms with van der Waals surface area (Å²) >= 11 is 9.34. The largest absolute Gasteiger partial charge is 0.452 e. The summed E-state index contributed by atoms with van der Waals surface area (Å²) in [7, 11) is 0. The Hall–Kier alpha value is -0.970. The highest BCUT2D eigenvalue weighted by atomic mass is 79.9. The molecular weight excluding hydrogens is 304 g/mol. The molecule has 0 saturated carbocycles. The van der Waals surface area contributed by atoms with Crippen LogP contribution in [0.4, 0.5) is 5.69 Å². The van der Waals surface area contributed by atoms with E-state index in [0.29, 0.717) is 16.2 Å². The Labute approximate surface area is 113 Å². The minimum Gasteiger partial charge on any atom is -0.452 e. The molecule has 1 heterocycles. The molecule has 0 radical (unpaired) electrons. The minimum atomic E-state index is -0.0961.